The first kappa shape index (κ1) is 14.0. The molecule has 1 aliphatic rings. The third-order valence-electron chi connectivity index (χ3n) is 4.04. The van der Waals surface area contributed by atoms with Gasteiger partial charge in [0.1, 0.15) is 11.4 Å². The lowest BCUT2D eigenvalue weighted by Crippen LogP contribution is -2.50. The third-order valence-corrected chi connectivity index (χ3v) is 5.13. The lowest BCUT2D eigenvalue weighted by atomic mass is 9.99. The summed E-state index contributed by atoms with van der Waals surface area (Å²) in [4.78, 5) is 25.9. The van der Waals surface area contributed by atoms with Gasteiger partial charge in [0, 0.05) is 11.2 Å². The highest BCUT2D eigenvalue weighted by molar-refractivity contribution is 7.20. The van der Waals surface area contributed by atoms with Gasteiger partial charge >= 0.3 is 5.97 Å². The maximum Gasteiger partial charge on any atom is 0.329 e. The standard InChI is InChI=1S/C15H14FNO3S/c1-15(14(19)20)5-2-6-17(15)13(18)12-7-9-3-4-10(16)8-11(9)21-12/h3-4,7-8H,2,5-6H2,1H3,(H,19,20). The average Bonchev–Trinajstić information content (AvgIpc) is 3.01. The Kier molecular flexibility index (Phi) is 3.20. The smallest absolute Gasteiger partial charge is 0.329 e. The minimum Gasteiger partial charge on any atom is -0.480 e. The van der Waals surface area contributed by atoms with Crippen LogP contribution in [0.4, 0.5) is 4.39 Å². The molecule has 0 aliphatic carbocycles. The Morgan fingerprint density at radius 3 is 2.86 bits per heavy atom. The van der Waals surface area contributed by atoms with Gasteiger partial charge in [-0.2, -0.15) is 0 Å². The highest BCUT2D eigenvalue weighted by atomic mass is 32.1. The van der Waals surface area contributed by atoms with Crippen LogP contribution in [0.1, 0.15) is 29.4 Å². The molecule has 110 valence electrons. The van der Waals surface area contributed by atoms with E-state index in [9.17, 15) is 19.1 Å². The molecule has 1 aromatic carbocycles. The maximum atomic E-state index is 13.2. The highest BCUT2D eigenvalue weighted by Gasteiger charge is 2.46. The van der Waals surface area contributed by atoms with Crippen molar-refractivity contribution in [2.75, 3.05) is 6.54 Å². The summed E-state index contributed by atoms with van der Waals surface area (Å²) in [6, 6.07) is 6.05. The van der Waals surface area contributed by atoms with Crippen LogP contribution in [0.3, 0.4) is 0 Å². The summed E-state index contributed by atoms with van der Waals surface area (Å²) in [6.07, 6.45) is 1.13. The molecule has 1 aromatic heterocycles. The predicted molar refractivity (Wildman–Crippen MR) is 78.1 cm³/mol. The zero-order chi connectivity index (χ0) is 15.2. The number of hydrogen-bond donors (Lipinski definition) is 1. The summed E-state index contributed by atoms with van der Waals surface area (Å²) in [7, 11) is 0. The molecule has 1 aliphatic heterocycles. The van der Waals surface area contributed by atoms with E-state index in [2.05, 4.69) is 0 Å². The summed E-state index contributed by atoms with van der Waals surface area (Å²) < 4.78 is 13.9. The number of hydrogen-bond acceptors (Lipinski definition) is 3. The zero-order valence-electron chi connectivity index (χ0n) is 11.4. The second-order valence-electron chi connectivity index (χ2n) is 5.43. The number of benzene rings is 1. The SMILES string of the molecule is CC1(C(=O)O)CCCN1C(=O)c1cc2ccc(F)cc2s1. The second kappa shape index (κ2) is 4.80. The van der Waals surface area contributed by atoms with Crippen molar-refractivity contribution in [3.05, 3.63) is 35.0 Å². The van der Waals surface area contributed by atoms with Crippen LogP contribution in [-0.4, -0.2) is 34.0 Å². The Morgan fingerprint density at radius 1 is 1.38 bits per heavy atom. The first-order chi connectivity index (χ1) is 9.91. The van der Waals surface area contributed by atoms with Crippen LogP contribution >= 0.6 is 11.3 Å². The van der Waals surface area contributed by atoms with Gasteiger partial charge in [-0.3, -0.25) is 4.79 Å². The van der Waals surface area contributed by atoms with Crippen LogP contribution in [0.2, 0.25) is 0 Å². The van der Waals surface area contributed by atoms with E-state index in [-0.39, 0.29) is 11.7 Å². The number of carboxylic acid groups (broad SMARTS) is 1. The molecule has 0 saturated carbocycles. The van der Waals surface area contributed by atoms with E-state index in [4.69, 9.17) is 0 Å². The van der Waals surface area contributed by atoms with Crippen LogP contribution in [-0.2, 0) is 4.79 Å². The van der Waals surface area contributed by atoms with E-state index in [0.29, 0.717) is 29.0 Å². The first-order valence-electron chi connectivity index (χ1n) is 6.66. The molecule has 3 rings (SSSR count). The average molecular weight is 307 g/mol. The number of nitrogens with zero attached hydrogens (tertiary/aromatic N) is 1. The quantitative estimate of drug-likeness (QED) is 0.927. The topological polar surface area (TPSA) is 57.6 Å². The molecule has 0 bridgehead atoms. The molecule has 2 aromatic rings. The van der Waals surface area contributed by atoms with Gasteiger partial charge in [0.15, 0.2) is 0 Å². The van der Waals surface area contributed by atoms with Gasteiger partial charge in [0.05, 0.1) is 4.88 Å². The normalized spacial score (nSPS) is 21.9. The number of thiophene rings is 1. The van der Waals surface area contributed by atoms with Gasteiger partial charge in [-0.05, 0) is 43.4 Å². The predicted octanol–water partition coefficient (Wildman–Crippen LogP) is 3.12. The molecule has 0 spiro atoms. The van der Waals surface area contributed by atoms with Crippen molar-refractivity contribution in [1.82, 2.24) is 4.90 Å². The van der Waals surface area contributed by atoms with E-state index >= 15 is 0 Å². The summed E-state index contributed by atoms with van der Waals surface area (Å²) in [5, 5.41) is 10.2. The van der Waals surface area contributed by atoms with Gasteiger partial charge < -0.3 is 10.0 Å². The molecule has 0 radical (unpaired) electrons. The van der Waals surface area contributed by atoms with Crippen molar-refractivity contribution in [2.45, 2.75) is 25.3 Å². The second-order valence-corrected chi connectivity index (χ2v) is 6.52. The number of fused-ring (bicyclic) bond motifs is 1. The Balaban J connectivity index is 1.98. The molecule has 1 fully saturated rings. The first-order valence-corrected chi connectivity index (χ1v) is 7.48. The monoisotopic (exact) mass is 307 g/mol. The summed E-state index contributed by atoms with van der Waals surface area (Å²) >= 11 is 1.19. The number of likely N-dealkylation sites (tertiary alicyclic amines) is 1. The van der Waals surface area contributed by atoms with Crippen LogP contribution in [0.15, 0.2) is 24.3 Å². The van der Waals surface area contributed by atoms with Crippen molar-refractivity contribution in [3.63, 3.8) is 0 Å². The summed E-state index contributed by atoms with van der Waals surface area (Å²) in [5.41, 5.74) is -1.15. The van der Waals surface area contributed by atoms with E-state index < -0.39 is 11.5 Å². The van der Waals surface area contributed by atoms with E-state index in [0.717, 1.165) is 5.39 Å². The minimum atomic E-state index is -1.15. The van der Waals surface area contributed by atoms with Crippen LogP contribution in [0.5, 0.6) is 0 Å². The van der Waals surface area contributed by atoms with Crippen LogP contribution in [0, 0.1) is 5.82 Å². The Hall–Kier alpha value is -1.95. The molecule has 4 nitrogen and oxygen atoms in total. The molecular formula is C15H14FNO3S. The van der Waals surface area contributed by atoms with Crippen molar-refractivity contribution < 1.29 is 19.1 Å². The van der Waals surface area contributed by atoms with Gasteiger partial charge in [0.2, 0.25) is 0 Å². The largest absolute Gasteiger partial charge is 0.480 e. The van der Waals surface area contributed by atoms with Crippen LogP contribution < -0.4 is 0 Å². The molecule has 1 saturated heterocycles. The maximum absolute atomic E-state index is 13.2. The van der Waals surface area contributed by atoms with Crippen molar-refractivity contribution in [1.29, 1.82) is 0 Å². The molecule has 1 unspecified atom stereocenters. The fourth-order valence-corrected chi connectivity index (χ4v) is 3.79. The number of amides is 1. The van der Waals surface area contributed by atoms with Crippen molar-refractivity contribution in [3.8, 4) is 0 Å². The summed E-state index contributed by atoms with van der Waals surface area (Å²) in [6.45, 7) is 2.01. The summed E-state index contributed by atoms with van der Waals surface area (Å²) in [5.74, 6) is -1.63. The lowest BCUT2D eigenvalue weighted by molar-refractivity contribution is -0.147. The molecule has 2 heterocycles. The molecular weight excluding hydrogens is 293 g/mol. The number of halogens is 1. The van der Waals surface area contributed by atoms with Crippen molar-refractivity contribution in [2.24, 2.45) is 0 Å². The van der Waals surface area contributed by atoms with E-state index in [1.54, 1.807) is 19.1 Å². The molecule has 6 heteroatoms. The Bertz CT molecular complexity index is 742. The van der Waals surface area contributed by atoms with Crippen molar-refractivity contribution >= 4 is 33.3 Å². The minimum absolute atomic E-state index is 0.293. The third kappa shape index (κ3) is 2.19. The molecule has 1 atom stereocenters. The Morgan fingerprint density at radius 2 is 2.14 bits per heavy atom. The number of carbonyl (C=O) groups excluding carboxylic acids is 1. The van der Waals surface area contributed by atoms with Gasteiger partial charge in [-0.25, -0.2) is 9.18 Å². The molecule has 21 heavy (non-hydrogen) atoms. The zero-order valence-corrected chi connectivity index (χ0v) is 12.2. The number of carbonyl (C=O) groups is 2. The fraction of sp³-hybridized carbons (Fsp3) is 0.333. The lowest BCUT2D eigenvalue weighted by Gasteiger charge is -2.30. The van der Waals surface area contributed by atoms with Gasteiger partial charge in [-0.15, -0.1) is 11.3 Å². The molecule has 1 amide bonds. The number of aliphatic carboxylic acids is 1. The van der Waals surface area contributed by atoms with Gasteiger partial charge in [-0.1, -0.05) is 6.07 Å². The van der Waals surface area contributed by atoms with E-state index in [1.807, 2.05) is 0 Å². The van der Waals surface area contributed by atoms with Gasteiger partial charge in [0.25, 0.3) is 5.91 Å². The van der Waals surface area contributed by atoms with E-state index in [1.165, 1.54) is 28.4 Å². The number of rotatable bonds is 2. The molecule has 1 N–H and O–H groups in total. The highest BCUT2D eigenvalue weighted by Crippen LogP contribution is 2.34. The Labute approximate surface area is 124 Å². The fourth-order valence-electron chi connectivity index (χ4n) is 2.75. The number of carboxylic acids is 1. The van der Waals surface area contributed by atoms with Crippen LogP contribution in [0.25, 0.3) is 10.1 Å².